The second-order valence-corrected chi connectivity index (χ2v) is 9.88. The highest BCUT2D eigenvalue weighted by atomic mass is 32.2. The summed E-state index contributed by atoms with van der Waals surface area (Å²) in [6.07, 6.45) is 0.273. The molecule has 0 aliphatic carbocycles. The standard InChI is InChI=1S/C20H22N2O4S2/c1-14-2-4-15(5-3-14)13-21-19(23)9-11-28(25,26)16-6-7-18-17(12-16)22-20(24)8-10-27-18/h2-7,12H,8-11,13H2,1H3,(H,21,23)(H,22,24). The third-order valence-electron chi connectivity index (χ3n) is 4.38. The van der Waals surface area contributed by atoms with E-state index in [1.54, 1.807) is 6.07 Å². The van der Waals surface area contributed by atoms with Gasteiger partial charge in [0.25, 0.3) is 0 Å². The summed E-state index contributed by atoms with van der Waals surface area (Å²) < 4.78 is 25.2. The lowest BCUT2D eigenvalue weighted by molar-refractivity contribution is -0.121. The van der Waals surface area contributed by atoms with Gasteiger partial charge in [-0.3, -0.25) is 9.59 Å². The van der Waals surface area contributed by atoms with Crippen molar-refractivity contribution in [3.63, 3.8) is 0 Å². The zero-order valence-corrected chi connectivity index (χ0v) is 17.2. The summed E-state index contributed by atoms with van der Waals surface area (Å²) in [6.45, 7) is 2.35. The Morgan fingerprint density at radius 2 is 1.93 bits per heavy atom. The van der Waals surface area contributed by atoms with Gasteiger partial charge < -0.3 is 10.6 Å². The van der Waals surface area contributed by atoms with Crippen molar-refractivity contribution in [3.8, 4) is 0 Å². The van der Waals surface area contributed by atoms with Crippen LogP contribution in [0.3, 0.4) is 0 Å². The minimum absolute atomic E-state index is 0.111. The Hall–Kier alpha value is -2.32. The topological polar surface area (TPSA) is 92.3 Å². The lowest BCUT2D eigenvalue weighted by Gasteiger charge is -2.10. The third-order valence-corrected chi connectivity index (χ3v) is 7.17. The number of anilines is 1. The van der Waals surface area contributed by atoms with Gasteiger partial charge in [0.1, 0.15) is 0 Å². The van der Waals surface area contributed by atoms with E-state index >= 15 is 0 Å². The molecule has 0 atom stereocenters. The van der Waals surface area contributed by atoms with Crippen LogP contribution in [0.2, 0.25) is 0 Å². The van der Waals surface area contributed by atoms with E-state index < -0.39 is 9.84 Å². The molecule has 0 aromatic heterocycles. The van der Waals surface area contributed by atoms with E-state index in [0.717, 1.165) is 16.0 Å². The quantitative estimate of drug-likeness (QED) is 0.753. The minimum Gasteiger partial charge on any atom is -0.352 e. The number of hydrogen-bond acceptors (Lipinski definition) is 5. The molecule has 0 spiro atoms. The van der Waals surface area contributed by atoms with Gasteiger partial charge in [-0.1, -0.05) is 29.8 Å². The molecule has 1 aliphatic rings. The molecule has 2 aromatic rings. The summed E-state index contributed by atoms with van der Waals surface area (Å²) in [6, 6.07) is 12.5. The van der Waals surface area contributed by atoms with Gasteiger partial charge in [0.2, 0.25) is 11.8 Å². The van der Waals surface area contributed by atoms with Crippen molar-refractivity contribution in [2.45, 2.75) is 36.1 Å². The lowest BCUT2D eigenvalue weighted by Crippen LogP contribution is -2.25. The van der Waals surface area contributed by atoms with Crippen LogP contribution in [0.5, 0.6) is 0 Å². The van der Waals surface area contributed by atoms with Crippen molar-refractivity contribution in [1.82, 2.24) is 5.32 Å². The first kappa shape index (κ1) is 20.4. The smallest absolute Gasteiger partial charge is 0.225 e. The first-order chi connectivity index (χ1) is 13.3. The van der Waals surface area contributed by atoms with E-state index in [0.29, 0.717) is 24.4 Å². The van der Waals surface area contributed by atoms with Gasteiger partial charge in [-0.25, -0.2) is 8.42 Å². The summed E-state index contributed by atoms with van der Waals surface area (Å²) in [5.74, 6) is -0.0716. The molecule has 0 unspecified atom stereocenters. The number of nitrogens with one attached hydrogen (secondary N) is 2. The van der Waals surface area contributed by atoms with Crippen LogP contribution >= 0.6 is 11.8 Å². The molecule has 2 N–H and O–H groups in total. The van der Waals surface area contributed by atoms with E-state index in [-0.39, 0.29) is 28.9 Å². The van der Waals surface area contributed by atoms with Gasteiger partial charge in [0, 0.05) is 30.0 Å². The van der Waals surface area contributed by atoms with Crippen molar-refractivity contribution in [2.75, 3.05) is 16.8 Å². The molecule has 8 heteroatoms. The zero-order valence-electron chi connectivity index (χ0n) is 15.5. The van der Waals surface area contributed by atoms with E-state index in [2.05, 4.69) is 10.6 Å². The minimum atomic E-state index is -3.63. The van der Waals surface area contributed by atoms with Crippen LogP contribution in [-0.4, -0.2) is 31.7 Å². The molecule has 0 bridgehead atoms. The molecule has 0 radical (unpaired) electrons. The molecule has 2 amide bonds. The molecular weight excluding hydrogens is 396 g/mol. The van der Waals surface area contributed by atoms with Crippen LogP contribution in [0.15, 0.2) is 52.3 Å². The van der Waals surface area contributed by atoms with Crippen LogP contribution in [0.25, 0.3) is 0 Å². The number of rotatable bonds is 6. The predicted molar refractivity (Wildman–Crippen MR) is 110 cm³/mol. The average Bonchev–Trinajstić information content (AvgIpc) is 2.85. The van der Waals surface area contributed by atoms with Gasteiger partial charge in [0.05, 0.1) is 16.3 Å². The molecule has 1 aliphatic heterocycles. The number of carbonyl (C=O) groups excluding carboxylic acids is 2. The van der Waals surface area contributed by atoms with Crippen molar-refractivity contribution in [2.24, 2.45) is 0 Å². The number of hydrogen-bond donors (Lipinski definition) is 2. The van der Waals surface area contributed by atoms with Crippen LogP contribution < -0.4 is 10.6 Å². The Labute approximate surface area is 169 Å². The molecular formula is C20H22N2O4S2. The Morgan fingerprint density at radius 3 is 2.68 bits per heavy atom. The van der Waals surface area contributed by atoms with Gasteiger partial charge in [-0.15, -0.1) is 11.8 Å². The number of sulfone groups is 1. The van der Waals surface area contributed by atoms with Crippen LogP contribution in [0, 0.1) is 6.92 Å². The monoisotopic (exact) mass is 418 g/mol. The van der Waals surface area contributed by atoms with E-state index in [4.69, 9.17) is 0 Å². The Kier molecular flexibility index (Phi) is 6.41. The first-order valence-corrected chi connectivity index (χ1v) is 11.6. The highest BCUT2D eigenvalue weighted by Gasteiger charge is 2.20. The molecule has 0 fully saturated rings. The molecule has 0 saturated carbocycles. The SMILES string of the molecule is Cc1ccc(CNC(=O)CCS(=O)(=O)c2ccc3c(c2)NC(=O)CCS3)cc1. The Bertz CT molecular complexity index is 986. The van der Waals surface area contributed by atoms with Crippen molar-refractivity contribution < 1.29 is 18.0 Å². The van der Waals surface area contributed by atoms with E-state index in [1.165, 1.54) is 23.9 Å². The van der Waals surface area contributed by atoms with Crippen LogP contribution in [0.1, 0.15) is 24.0 Å². The van der Waals surface area contributed by atoms with Gasteiger partial charge in [-0.05, 0) is 30.7 Å². The highest BCUT2D eigenvalue weighted by molar-refractivity contribution is 7.99. The molecule has 2 aromatic carbocycles. The number of carbonyl (C=O) groups is 2. The second-order valence-electron chi connectivity index (χ2n) is 6.64. The van der Waals surface area contributed by atoms with Crippen LogP contribution in [-0.2, 0) is 26.0 Å². The Balaban J connectivity index is 1.59. The highest BCUT2D eigenvalue weighted by Crippen LogP contribution is 2.32. The first-order valence-electron chi connectivity index (χ1n) is 8.95. The third kappa shape index (κ3) is 5.36. The maximum absolute atomic E-state index is 12.6. The molecule has 1 heterocycles. The summed E-state index contributed by atoms with van der Waals surface area (Å²) in [5.41, 5.74) is 2.61. The summed E-state index contributed by atoms with van der Waals surface area (Å²) in [4.78, 5) is 24.7. The van der Waals surface area contributed by atoms with Crippen molar-refractivity contribution in [3.05, 3.63) is 53.6 Å². The maximum atomic E-state index is 12.6. The number of benzene rings is 2. The fraction of sp³-hybridized carbons (Fsp3) is 0.300. The fourth-order valence-electron chi connectivity index (χ4n) is 2.73. The average molecular weight is 419 g/mol. The molecule has 0 saturated heterocycles. The lowest BCUT2D eigenvalue weighted by atomic mass is 10.1. The zero-order chi connectivity index (χ0) is 20.1. The maximum Gasteiger partial charge on any atom is 0.225 e. The number of aryl methyl sites for hydroxylation is 1. The molecule has 6 nitrogen and oxygen atoms in total. The number of thioether (sulfide) groups is 1. The van der Waals surface area contributed by atoms with E-state index in [1.807, 2.05) is 31.2 Å². The summed E-state index contributed by atoms with van der Waals surface area (Å²) in [5, 5.41) is 5.48. The summed E-state index contributed by atoms with van der Waals surface area (Å²) in [7, 11) is -3.63. The molecule has 28 heavy (non-hydrogen) atoms. The normalized spacial score (nSPS) is 14.0. The van der Waals surface area contributed by atoms with Gasteiger partial charge in [0.15, 0.2) is 9.84 Å². The number of fused-ring (bicyclic) bond motifs is 1. The van der Waals surface area contributed by atoms with Crippen molar-refractivity contribution in [1.29, 1.82) is 0 Å². The number of amides is 2. The molecule has 3 rings (SSSR count). The predicted octanol–water partition coefficient (Wildman–Crippen LogP) is 2.91. The second kappa shape index (κ2) is 8.79. The Morgan fingerprint density at radius 1 is 1.18 bits per heavy atom. The van der Waals surface area contributed by atoms with Gasteiger partial charge >= 0.3 is 0 Å². The van der Waals surface area contributed by atoms with Gasteiger partial charge in [-0.2, -0.15) is 0 Å². The fourth-order valence-corrected chi connectivity index (χ4v) is 4.93. The largest absolute Gasteiger partial charge is 0.352 e. The van der Waals surface area contributed by atoms with Crippen LogP contribution in [0.4, 0.5) is 5.69 Å². The summed E-state index contributed by atoms with van der Waals surface area (Å²) >= 11 is 1.51. The van der Waals surface area contributed by atoms with E-state index in [9.17, 15) is 18.0 Å². The van der Waals surface area contributed by atoms with Crippen molar-refractivity contribution >= 4 is 39.1 Å². The molecule has 148 valence electrons.